The largest absolute Gasteiger partial charge is 0.340 e. The Labute approximate surface area is 356 Å². The quantitative estimate of drug-likeness (QED) is 0.110. The van der Waals surface area contributed by atoms with E-state index in [0.717, 1.165) is 45.4 Å². The van der Waals surface area contributed by atoms with Crippen LogP contribution in [0, 0.1) is 0 Å². The minimum atomic E-state index is 0.988. The Bertz CT molecular complexity index is 3420. The summed E-state index contributed by atoms with van der Waals surface area (Å²) < 4.78 is 10.6. The Morgan fingerprint density at radius 1 is 0.262 bits per heavy atom. The van der Waals surface area contributed by atoms with Crippen LogP contribution in [0.1, 0.15) is 58.8 Å². The first-order chi connectivity index (χ1) is 30.3. The molecule has 0 aliphatic rings. The van der Waals surface area contributed by atoms with Gasteiger partial charge in [-0.05, 0) is 56.4 Å². The molecule has 0 amide bonds. The molecule has 0 radical (unpaired) electrons. The average molecular weight is 793 g/mol. The third kappa shape index (κ3) is 5.30. The van der Waals surface area contributed by atoms with Crippen molar-refractivity contribution >= 4 is 109 Å². The average Bonchev–Trinajstić information content (AvgIpc) is 4.03. The number of benzene rings is 8. The maximum Gasteiger partial charge on any atom is 0.0578 e. The predicted molar refractivity (Wildman–Crippen MR) is 264 cm³/mol. The summed E-state index contributed by atoms with van der Waals surface area (Å²) in [5.74, 6) is 0. The van der Waals surface area contributed by atoms with Crippen molar-refractivity contribution in [2.24, 2.45) is 0 Å². The van der Waals surface area contributed by atoms with E-state index in [1.54, 1.807) is 0 Å². The minimum Gasteiger partial charge on any atom is -0.340 e. The molecular formula is C57H52N4. The van der Waals surface area contributed by atoms with Crippen molar-refractivity contribution in [3.63, 3.8) is 0 Å². The smallest absolute Gasteiger partial charge is 0.0578 e. The Morgan fingerprint density at radius 2 is 0.492 bits per heavy atom. The van der Waals surface area contributed by atoms with Crippen LogP contribution in [0.2, 0.25) is 0 Å². The first kappa shape index (κ1) is 36.3. The number of para-hydroxylation sites is 4. The molecule has 0 saturated heterocycles. The van der Waals surface area contributed by atoms with Crippen LogP contribution < -0.4 is 0 Å². The fourth-order valence-electron chi connectivity index (χ4n) is 11.4. The van der Waals surface area contributed by atoms with E-state index in [1.807, 2.05) is 0 Å². The second-order valence-electron chi connectivity index (χ2n) is 17.4. The standard InChI is InChI=1S/C57H52N4/c1-3-5-34-58-46-30-16-12-26-42(46)50-52-44-28-14-18-32-48(44)60(56(52)40-24-10-8-22-38(40)54(50)58)36-20-7-21-37-61-49-33-19-15-29-45(49)53-51-43-27-13-17-31-47(43)59(35-6-4-2)55(51)39-23-9-11-25-41(39)57(53)61/h8-19,22-33H,3-7,20-21,34-37H2,1-2H3. The van der Waals surface area contributed by atoms with E-state index in [-0.39, 0.29) is 0 Å². The van der Waals surface area contributed by atoms with Gasteiger partial charge in [-0.15, -0.1) is 0 Å². The number of hydrogen-bond acceptors (Lipinski definition) is 0. The first-order valence-electron chi connectivity index (χ1n) is 22.9. The highest BCUT2D eigenvalue weighted by molar-refractivity contribution is 6.38. The Morgan fingerprint density at radius 3 is 0.754 bits per heavy atom. The lowest BCUT2D eigenvalue weighted by molar-refractivity contribution is 0.570. The third-order valence-electron chi connectivity index (χ3n) is 14.0. The maximum absolute atomic E-state index is 2.67. The molecule has 12 rings (SSSR count). The fraction of sp³-hybridized carbons (Fsp3) is 0.228. The number of rotatable bonds is 12. The zero-order chi connectivity index (χ0) is 40.6. The molecule has 0 saturated carbocycles. The molecule has 0 fully saturated rings. The Balaban J connectivity index is 0.964. The molecule has 300 valence electrons. The molecule has 0 bridgehead atoms. The molecule has 4 nitrogen and oxygen atoms in total. The van der Waals surface area contributed by atoms with Crippen LogP contribution in [-0.2, 0) is 26.2 Å². The van der Waals surface area contributed by atoms with Crippen LogP contribution >= 0.6 is 0 Å². The van der Waals surface area contributed by atoms with Crippen LogP contribution in [0.3, 0.4) is 0 Å². The monoisotopic (exact) mass is 792 g/mol. The normalized spacial score (nSPS) is 12.5. The summed E-state index contributed by atoms with van der Waals surface area (Å²) in [5.41, 5.74) is 10.9. The van der Waals surface area contributed by atoms with Gasteiger partial charge in [-0.25, -0.2) is 0 Å². The second-order valence-corrected chi connectivity index (χ2v) is 17.4. The third-order valence-corrected chi connectivity index (χ3v) is 14.0. The van der Waals surface area contributed by atoms with Crippen molar-refractivity contribution < 1.29 is 0 Å². The van der Waals surface area contributed by atoms with Crippen molar-refractivity contribution in [1.82, 2.24) is 18.3 Å². The number of aryl methyl sites for hydroxylation is 4. The summed E-state index contributed by atoms with van der Waals surface area (Å²) in [6, 6.07) is 55.0. The minimum absolute atomic E-state index is 0.988. The van der Waals surface area contributed by atoms with Gasteiger partial charge >= 0.3 is 0 Å². The van der Waals surface area contributed by atoms with Gasteiger partial charge in [0.05, 0.1) is 22.1 Å². The first-order valence-corrected chi connectivity index (χ1v) is 22.9. The molecule has 0 N–H and O–H groups in total. The van der Waals surface area contributed by atoms with E-state index in [4.69, 9.17) is 0 Å². The van der Waals surface area contributed by atoms with Gasteiger partial charge < -0.3 is 18.3 Å². The molecule has 4 heteroatoms. The Hall–Kier alpha value is -6.52. The van der Waals surface area contributed by atoms with Gasteiger partial charge in [0.15, 0.2) is 0 Å². The number of fused-ring (bicyclic) bond motifs is 20. The number of unbranched alkanes of at least 4 members (excludes halogenated alkanes) is 4. The summed E-state index contributed by atoms with van der Waals surface area (Å²) in [7, 11) is 0. The van der Waals surface area contributed by atoms with E-state index < -0.39 is 0 Å². The second kappa shape index (κ2) is 14.6. The summed E-state index contributed by atoms with van der Waals surface area (Å²) in [4.78, 5) is 0. The molecule has 12 aromatic rings. The van der Waals surface area contributed by atoms with Crippen LogP contribution in [0.15, 0.2) is 146 Å². The molecule has 4 aromatic heterocycles. The van der Waals surface area contributed by atoms with E-state index >= 15 is 0 Å². The van der Waals surface area contributed by atoms with E-state index in [0.29, 0.717) is 0 Å². The van der Waals surface area contributed by atoms with Gasteiger partial charge in [-0.2, -0.15) is 0 Å². The number of hydrogen-bond donors (Lipinski definition) is 0. The lowest BCUT2D eigenvalue weighted by atomic mass is 9.99. The van der Waals surface area contributed by atoms with Gasteiger partial charge in [0, 0.05) is 113 Å². The molecule has 0 aliphatic heterocycles. The fourth-order valence-corrected chi connectivity index (χ4v) is 11.4. The molecule has 0 atom stereocenters. The highest BCUT2D eigenvalue weighted by Crippen LogP contribution is 2.47. The van der Waals surface area contributed by atoms with Gasteiger partial charge in [0.25, 0.3) is 0 Å². The van der Waals surface area contributed by atoms with E-state index in [9.17, 15) is 0 Å². The van der Waals surface area contributed by atoms with Gasteiger partial charge in [0.1, 0.15) is 0 Å². The van der Waals surface area contributed by atoms with E-state index in [2.05, 4.69) is 178 Å². The molecular weight excluding hydrogens is 741 g/mol. The van der Waals surface area contributed by atoms with Crippen molar-refractivity contribution in [3.05, 3.63) is 146 Å². The molecule has 61 heavy (non-hydrogen) atoms. The molecule has 0 spiro atoms. The maximum atomic E-state index is 2.67. The van der Waals surface area contributed by atoms with Crippen LogP contribution in [0.5, 0.6) is 0 Å². The highest BCUT2D eigenvalue weighted by atomic mass is 15.0. The Kier molecular flexibility index (Phi) is 8.69. The molecule has 4 heterocycles. The summed E-state index contributed by atoms with van der Waals surface area (Å²) in [6.07, 6.45) is 8.07. The van der Waals surface area contributed by atoms with Crippen LogP contribution in [-0.4, -0.2) is 18.3 Å². The SMILES string of the molecule is CCCCn1c2ccccc2c2c3c4ccccc4n(CCCCCn4c5ccccc5c5c6c7ccccc7n(CCCC)c6c6ccccc6c54)c3c3ccccc3c21. The number of nitrogens with zero attached hydrogens (tertiary/aromatic N) is 4. The van der Waals surface area contributed by atoms with Crippen molar-refractivity contribution in [1.29, 1.82) is 0 Å². The zero-order valence-corrected chi connectivity index (χ0v) is 35.4. The van der Waals surface area contributed by atoms with Crippen molar-refractivity contribution in [3.8, 4) is 0 Å². The van der Waals surface area contributed by atoms with Crippen molar-refractivity contribution in [2.45, 2.75) is 85.0 Å². The molecule has 8 aromatic carbocycles. The van der Waals surface area contributed by atoms with Gasteiger partial charge in [-0.3, -0.25) is 0 Å². The van der Waals surface area contributed by atoms with E-state index in [1.165, 1.54) is 134 Å². The topological polar surface area (TPSA) is 19.7 Å². The molecule has 0 unspecified atom stereocenters. The molecule has 0 aliphatic carbocycles. The van der Waals surface area contributed by atoms with Gasteiger partial charge in [0.2, 0.25) is 0 Å². The summed E-state index contributed by atoms with van der Waals surface area (Å²) in [5, 5.41) is 16.6. The predicted octanol–water partition coefficient (Wildman–Crippen LogP) is 15.9. The lowest BCUT2D eigenvalue weighted by Gasteiger charge is -2.14. The lowest BCUT2D eigenvalue weighted by Crippen LogP contribution is -2.02. The van der Waals surface area contributed by atoms with Gasteiger partial charge in [-0.1, -0.05) is 148 Å². The van der Waals surface area contributed by atoms with Crippen LogP contribution in [0.25, 0.3) is 109 Å². The number of aromatic nitrogens is 4. The highest BCUT2D eigenvalue weighted by Gasteiger charge is 2.24. The van der Waals surface area contributed by atoms with Crippen LogP contribution in [0.4, 0.5) is 0 Å². The van der Waals surface area contributed by atoms with Crippen molar-refractivity contribution in [2.75, 3.05) is 0 Å². The zero-order valence-electron chi connectivity index (χ0n) is 35.4. The summed E-state index contributed by atoms with van der Waals surface area (Å²) >= 11 is 0. The summed E-state index contributed by atoms with van der Waals surface area (Å²) in [6.45, 7) is 8.64.